The van der Waals surface area contributed by atoms with Gasteiger partial charge in [0.1, 0.15) is 6.04 Å². The molecule has 0 aromatic heterocycles. The highest BCUT2D eigenvalue weighted by Crippen LogP contribution is 2.27. The molecule has 2 bridgehead atoms. The van der Waals surface area contributed by atoms with Crippen molar-refractivity contribution in [2.75, 3.05) is 13.6 Å². The lowest BCUT2D eigenvalue weighted by atomic mass is 10.0. The van der Waals surface area contributed by atoms with Crippen LogP contribution in [-0.2, 0) is 6.42 Å². The van der Waals surface area contributed by atoms with Gasteiger partial charge in [-0.1, -0.05) is 72.8 Å². The summed E-state index contributed by atoms with van der Waals surface area (Å²) in [5.74, 6) is 0.116. The summed E-state index contributed by atoms with van der Waals surface area (Å²) in [6, 6.07) is 30.1. The lowest BCUT2D eigenvalue weighted by Crippen LogP contribution is -3.14. The lowest BCUT2D eigenvalue weighted by molar-refractivity contribution is -0.912. The first kappa shape index (κ1) is 20.7. The molecule has 3 nitrogen and oxygen atoms in total. The molecule has 2 aliphatic rings. The van der Waals surface area contributed by atoms with Gasteiger partial charge in [-0.15, -0.1) is 0 Å². The van der Waals surface area contributed by atoms with Gasteiger partial charge in [0.25, 0.3) is 5.91 Å². The van der Waals surface area contributed by atoms with E-state index in [2.05, 4.69) is 66.6 Å². The molecule has 3 unspecified atom stereocenters. The number of hydrogen-bond acceptors (Lipinski definition) is 1. The summed E-state index contributed by atoms with van der Waals surface area (Å²) in [5, 5.41) is 0. The highest BCUT2D eigenvalue weighted by molar-refractivity contribution is 5.96. The molecule has 1 saturated heterocycles. The zero-order valence-electron chi connectivity index (χ0n) is 18.7. The molecular formula is C29H31N2O+. The SMILES string of the molecule is C[NH+]1C2C=C(N(CCc3ccccc3)C(=O)c3ccc(-c4ccccc4)cc3)CC1CC2. The predicted molar refractivity (Wildman–Crippen MR) is 129 cm³/mol. The van der Waals surface area contributed by atoms with Gasteiger partial charge in [0.2, 0.25) is 0 Å². The van der Waals surface area contributed by atoms with E-state index in [1.54, 1.807) is 4.90 Å². The number of carbonyl (C=O) groups is 1. The van der Waals surface area contributed by atoms with Crippen LogP contribution in [-0.4, -0.2) is 36.5 Å². The summed E-state index contributed by atoms with van der Waals surface area (Å²) in [6.07, 6.45) is 6.71. The van der Waals surface area contributed by atoms with Crippen LogP contribution < -0.4 is 4.90 Å². The highest BCUT2D eigenvalue weighted by Gasteiger charge is 2.40. The Balaban J connectivity index is 1.40. The van der Waals surface area contributed by atoms with E-state index in [9.17, 15) is 4.79 Å². The van der Waals surface area contributed by atoms with Gasteiger partial charge in [0.15, 0.2) is 0 Å². The third-order valence-electron chi connectivity index (χ3n) is 7.20. The van der Waals surface area contributed by atoms with Crippen LogP contribution in [0.5, 0.6) is 0 Å². The van der Waals surface area contributed by atoms with Crippen LogP contribution in [0.25, 0.3) is 11.1 Å². The van der Waals surface area contributed by atoms with Crippen molar-refractivity contribution in [1.82, 2.24) is 4.90 Å². The fourth-order valence-corrected chi connectivity index (χ4v) is 5.22. The van der Waals surface area contributed by atoms with Gasteiger partial charge in [0, 0.05) is 37.1 Å². The van der Waals surface area contributed by atoms with Crippen molar-refractivity contribution in [3.8, 4) is 11.1 Å². The summed E-state index contributed by atoms with van der Waals surface area (Å²) in [5.41, 5.74) is 5.56. The normalized spacial score (nSPS) is 21.8. The second kappa shape index (κ2) is 9.13. The third-order valence-corrected chi connectivity index (χ3v) is 7.20. The maximum Gasteiger partial charge on any atom is 0.258 e. The minimum atomic E-state index is 0.116. The first-order valence-electron chi connectivity index (χ1n) is 11.7. The Kier molecular flexibility index (Phi) is 5.91. The van der Waals surface area contributed by atoms with E-state index < -0.39 is 0 Å². The van der Waals surface area contributed by atoms with Crippen LogP contribution in [0.3, 0.4) is 0 Å². The molecule has 0 spiro atoms. The van der Waals surface area contributed by atoms with Crippen molar-refractivity contribution >= 4 is 5.91 Å². The molecule has 3 heteroatoms. The Labute approximate surface area is 191 Å². The Morgan fingerprint density at radius 1 is 0.875 bits per heavy atom. The van der Waals surface area contributed by atoms with Crippen molar-refractivity contribution in [2.24, 2.45) is 0 Å². The highest BCUT2D eigenvalue weighted by atomic mass is 16.2. The summed E-state index contributed by atoms with van der Waals surface area (Å²) in [4.78, 5) is 17.4. The molecule has 1 fully saturated rings. The molecule has 2 heterocycles. The van der Waals surface area contributed by atoms with Gasteiger partial charge < -0.3 is 9.80 Å². The number of hydrogen-bond donors (Lipinski definition) is 1. The van der Waals surface area contributed by atoms with Crippen LogP contribution in [0.15, 0.2) is 96.7 Å². The average molecular weight is 424 g/mol. The van der Waals surface area contributed by atoms with E-state index in [-0.39, 0.29) is 5.91 Å². The molecule has 2 aliphatic heterocycles. The molecule has 32 heavy (non-hydrogen) atoms. The second-order valence-electron chi connectivity index (χ2n) is 9.12. The van der Waals surface area contributed by atoms with Crippen LogP contribution in [0.4, 0.5) is 0 Å². The first-order valence-corrected chi connectivity index (χ1v) is 11.7. The van der Waals surface area contributed by atoms with Crippen LogP contribution in [0, 0.1) is 0 Å². The number of likely N-dealkylation sites (N-methyl/N-ethyl adjacent to an activating group) is 1. The van der Waals surface area contributed by atoms with E-state index in [0.29, 0.717) is 18.6 Å². The van der Waals surface area contributed by atoms with Gasteiger partial charge in [-0.25, -0.2) is 0 Å². The molecule has 3 aromatic carbocycles. The van der Waals surface area contributed by atoms with Crippen molar-refractivity contribution in [1.29, 1.82) is 0 Å². The Morgan fingerprint density at radius 2 is 1.53 bits per heavy atom. The predicted octanol–water partition coefficient (Wildman–Crippen LogP) is 4.37. The summed E-state index contributed by atoms with van der Waals surface area (Å²) in [6.45, 7) is 0.716. The molecule has 0 radical (unpaired) electrons. The van der Waals surface area contributed by atoms with Crippen molar-refractivity contribution in [3.63, 3.8) is 0 Å². The molecule has 3 aromatic rings. The Bertz CT molecular complexity index is 1090. The van der Waals surface area contributed by atoms with Gasteiger partial charge in [-0.2, -0.15) is 0 Å². The maximum atomic E-state index is 13.7. The number of fused-ring (bicyclic) bond motifs is 2. The lowest BCUT2D eigenvalue weighted by Gasteiger charge is -2.33. The average Bonchev–Trinajstić information content (AvgIpc) is 3.05. The van der Waals surface area contributed by atoms with Crippen LogP contribution in [0.2, 0.25) is 0 Å². The van der Waals surface area contributed by atoms with Gasteiger partial charge in [0.05, 0.1) is 13.1 Å². The summed E-state index contributed by atoms with van der Waals surface area (Å²) < 4.78 is 0. The molecular weight excluding hydrogens is 392 g/mol. The second-order valence-corrected chi connectivity index (χ2v) is 9.12. The van der Waals surface area contributed by atoms with E-state index in [1.165, 1.54) is 29.7 Å². The molecule has 0 aliphatic carbocycles. The molecule has 5 rings (SSSR count). The van der Waals surface area contributed by atoms with Crippen molar-refractivity contribution in [2.45, 2.75) is 37.8 Å². The van der Waals surface area contributed by atoms with Gasteiger partial charge in [-0.3, -0.25) is 4.79 Å². The summed E-state index contributed by atoms with van der Waals surface area (Å²) >= 11 is 0. The number of nitrogens with zero attached hydrogens (tertiary/aromatic N) is 1. The number of carbonyl (C=O) groups excluding carboxylic acids is 1. The molecule has 162 valence electrons. The Hall–Kier alpha value is -3.17. The maximum absolute atomic E-state index is 13.7. The smallest absolute Gasteiger partial charge is 0.258 e. The van der Waals surface area contributed by atoms with E-state index in [4.69, 9.17) is 0 Å². The molecule has 1 N–H and O–H groups in total. The van der Waals surface area contributed by atoms with E-state index >= 15 is 0 Å². The zero-order valence-corrected chi connectivity index (χ0v) is 18.7. The van der Waals surface area contributed by atoms with E-state index in [0.717, 1.165) is 24.0 Å². The van der Waals surface area contributed by atoms with Gasteiger partial charge >= 0.3 is 0 Å². The quantitative estimate of drug-likeness (QED) is 0.626. The van der Waals surface area contributed by atoms with Crippen LogP contribution in [0.1, 0.15) is 35.2 Å². The topological polar surface area (TPSA) is 24.8 Å². The fraction of sp³-hybridized carbons (Fsp3) is 0.276. The first-order chi connectivity index (χ1) is 15.7. The molecule has 3 atom stereocenters. The monoisotopic (exact) mass is 423 g/mol. The molecule has 1 amide bonds. The largest absolute Gasteiger partial charge is 0.329 e. The number of rotatable bonds is 6. The van der Waals surface area contributed by atoms with E-state index in [1.807, 2.05) is 36.4 Å². The Morgan fingerprint density at radius 3 is 2.22 bits per heavy atom. The molecule has 0 saturated carbocycles. The fourth-order valence-electron chi connectivity index (χ4n) is 5.22. The summed E-state index contributed by atoms with van der Waals surface area (Å²) in [7, 11) is 2.30. The number of benzene rings is 3. The minimum Gasteiger partial charge on any atom is -0.329 e. The van der Waals surface area contributed by atoms with Crippen LogP contribution >= 0.6 is 0 Å². The third kappa shape index (κ3) is 4.26. The van der Waals surface area contributed by atoms with Crippen molar-refractivity contribution in [3.05, 3.63) is 108 Å². The standard InChI is InChI=1S/C29H30N2O/c1-30-26-16-17-27(30)21-28(20-26)31(19-18-22-8-4-2-5-9-22)29(32)25-14-12-24(13-15-25)23-10-6-3-7-11-23/h2-15,20,26-27H,16-19,21H2,1H3/p+1. The zero-order chi connectivity index (χ0) is 21.9. The number of quaternary nitrogens is 1. The van der Waals surface area contributed by atoms with Gasteiger partial charge in [-0.05, 0) is 41.3 Å². The van der Waals surface area contributed by atoms with Crippen molar-refractivity contribution < 1.29 is 9.69 Å². The number of nitrogens with one attached hydrogen (secondary N) is 1. The number of amides is 1. The minimum absolute atomic E-state index is 0.116.